The number of allylic oxidation sites excluding steroid dienone is 1. The maximum Gasteiger partial charge on any atom is 0.256 e. The van der Waals surface area contributed by atoms with Crippen LogP contribution < -0.4 is 4.72 Å². The second-order valence-electron chi connectivity index (χ2n) is 3.27. The first-order valence-electron chi connectivity index (χ1n) is 3.99. The molecule has 1 aliphatic rings. The Morgan fingerprint density at radius 1 is 1.67 bits per heavy atom. The van der Waals surface area contributed by atoms with Crippen LogP contribution in [0.4, 0.5) is 0 Å². The van der Waals surface area contributed by atoms with Crippen LogP contribution in [0.2, 0.25) is 0 Å². The first-order chi connectivity index (χ1) is 5.58. The van der Waals surface area contributed by atoms with Gasteiger partial charge in [0.1, 0.15) is 0 Å². The lowest BCUT2D eigenvalue weighted by atomic mass is 10.3. The minimum atomic E-state index is -0.278. The zero-order valence-corrected chi connectivity index (χ0v) is 8.44. The van der Waals surface area contributed by atoms with Crippen LogP contribution in [0, 0.1) is 5.92 Å². The zero-order chi connectivity index (χ0) is 9.14. The SMILES string of the molecule is CC1=CC(=O)NS(CC(C)C)=N1. The molecule has 1 atom stereocenters. The van der Waals surface area contributed by atoms with Gasteiger partial charge in [-0.25, -0.2) is 4.36 Å². The number of hydrogen-bond donors (Lipinski definition) is 1. The third kappa shape index (κ3) is 2.77. The Bertz CT molecular complexity index is 256. The van der Waals surface area contributed by atoms with Gasteiger partial charge in [0.2, 0.25) is 0 Å². The number of rotatable bonds is 2. The predicted molar refractivity (Wildman–Crippen MR) is 51.4 cm³/mol. The molecular weight excluding hydrogens is 172 g/mol. The van der Waals surface area contributed by atoms with Crippen LogP contribution in [0.5, 0.6) is 0 Å². The Morgan fingerprint density at radius 3 is 2.83 bits per heavy atom. The number of hydrogen-bond acceptors (Lipinski definition) is 2. The molecule has 68 valence electrons. The van der Waals surface area contributed by atoms with E-state index in [0.29, 0.717) is 5.92 Å². The van der Waals surface area contributed by atoms with Gasteiger partial charge in [-0.05, 0) is 23.7 Å². The minimum Gasteiger partial charge on any atom is -0.288 e. The molecule has 0 fully saturated rings. The van der Waals surface area contributed by atoms with Gasteiger partial charge in [-0.15, -0.1) is 0 Å². The van der Waals surface area contributed by atoms with E-state index in [4.69, 9.17) is 0 Å². The smallest absolute Gasteiger partial charge is 0.256 e. The quantitative estimate of drug-likeness (QED) is 0.695. The van der Waals surface area contributed by atoms with Crippen molar-refractivity contribution in [1.29, 1.82) is 0 Å². The van der Waals surface area contributed by atoms with Crippen LogP contribution in [-0.4, -0.2) is 11.7 Å². The van der Waals surface area contributed by atoms with Gasteiger partial charge in [0, 0.05) is 11.8 Å². The molecule has 0 saturated heterocycles. The van der Waals surface area contributed by atoms with E-state index >= 15 is 0 Å². The fourth-order valence-corrected chi connectivity index (χ4v) is 2.48. The molecule has 0 aromatic heterocycles. The predicted octanol–water partition coefficient (Wildman–Crippen LogP) is 1.39. The Kier molecular flexibility index (Phi) is 3.03. The zero-order valence-electron chi connectivity index (χ0n) is 7.63. The van der Waals surface area contributed by atoms with Gasteiger partial charge in [-0.1, -0.05) is 13.8 Å². The highest BCUT2D eigenvalue weighted by Crippen LogP contribution is 2.06. The van der Waals surface area contributed by atoms with E-state index in [2.05, 4.69) is 22.9 Å². The van der Waals surface area contributed by atoms with Crippen molar-refractivity contribution in [3.63, 3.8) is 0 Å². The molecular formula is C8H14N2OS. The molecule has 0 saturated carbocycles. The normalized spacial score (nSPS) is 23.2. The van der Waals surface area contributed by atoms with Gasteiger partial charge >= 0.3 is 0 Å². The number of amides is 1. The Morgan fingerprint density at radius 2 is 2.33 bits per heavy atom. The molecule has 0 aromatic rings. The van der Waals surface area contributed by atoms with Gasteiger partial charge in [0.25, 0.3) is 5.91 Å². The molecule has 1 heterocycles. The molecule has 1 unspecified atom stereocenters. The molecule has 0 radical (unpaired) electrons. The number of carbonyl (C=O) groups is 1. The standard InChI is InChI=1S/C8H14N2OS/c1-6(2)5-12-9-7(3)4-8(11)10-12/h4,6H,5H2,1-3H3,(H,9,10,11). The first kappa shape index (κ1) is 9.45. The topological polar surface area (TPSA) is 41.5 Å². The van der Waals surface area contributed by atoms with Crippen LogP contribution >= 0.6 is 0 Å². The highest BCUT2D eigenvalue weighted by molar-refractivity contribution is 7.86. The lowest BCUT2D eigenvalue weighted by Crippen LogP contribution is -2.29. The van der Waals surface area contributed by atoms with Gasteiger partial charge in [0.15, 0.2) is 0 Å². The summed E-state index contributed by atoms with van der Waals surface area (Å²) in [6, 6.07) is 0. The lowest BCUT2D eigenvalue weighted by molar-refractivity contribution is -0.114. The average molecular weight is 186 g/mol. The average Bonchev–Trinajstić information content (AvgIpc) is 1.81. The summed E-state index contributed by atoms with van der Waals surface area (Å²) in [5.74, 6) is 1.51. The molecule has 0 spiro atoms. The third-order valence-electron chi connectivity index (χ3n) is 1.30. The largest absolute Gasteiger partial charge is 0.288 e. The van der Waals surface area contributed by atoms with E-state index in [0.717, 1.165) is 11.4 Å². The van der Waals surface area contributed by atoms with Crippen molar-refractivity contribution in [1.82, 2.24) is 4.72 Å². The maximum absolute atomic E-state index is 11.0. The van der Waals surface area contributed by atoms with E-state index in [1.54, 1.807) is 0 Å². The summed E-state index contributed by atoms with van der Waals surface area (Å²) in [6.45, 7) is 6.11. The van der Waals surface area contributed by atoms with Crippen molar-refractivity contribution >= 4 is 16.8 Å². The van der Waals surface area contributed by atoms with Crippen molar-refractivity contribution in [2.75, 3.05) is 5.75 Å². The minimum absolute atomic E-state index is 0.00789. The second kappa shape index (κ2) is 3.85. The molecule has 4 heteroatoms. The van der Waals surface area contributed by atoms with Crippen molar-refractivity contribution in [3.8, 4) is 0 Å². The van der Waals surface area contributed by atoms with Crippen LogP contribution in [0.25, 0.3) is 0 Å². The summed E-state index contributed by atoms with van der Waals surface area (Å²) in [7, 11) is -0.278. The molecule has 0 aromatic carbocycles. The molecule has 0 bridgehead atoms. The van der Waals surface area contributed by atoms with Crippen molar-refractivity contribution in [3.05, 3.63) is 11.8 Å². The van der Waals surface area contributed by atoms with Gasteiger partial charge in [-0.3, -0.25) is 9.52 Å². The van der Waals surface area contributed by atoms with Crippen molar-refractivity contribution in [2.45, 2.75) is 20.8 Å². The van der Waals surface area contributed by atoms with Crippen LogP contribution in [0.15, 0.2) is 16.1 Å². The van der Waals surface area contributed by atoms with E-state index in [1.807, 2.05) is 6.92 Å². The summed E-state index contributed by atoms with van der Waals surface area (Å²) < 4.78 is 7.15. The summed E-state index contributed by atoms with van der Waals surface area (Å²) in [4.78, 5) is 11.0. The summed E-state index contributed by atoms with van der Waals surface area (Å²) in [6.07, 6.45) is 1.53. The molecule has 1 amide bonds. The summed E-state index contributed by atoms with van der Waals surface area (Å²) >= 11 is 0. The third-order valence-corrected chi connectivity index (χ3v) is 3.23. The fraction of sp³-hybridized carbons (Fsp3) is 0.625. The van der Waals surface area contributed by atoms with Gasteiger partial charge < -0.3 is 0 Å². The molecule has 12 heavy (non-hydrogen) atoms. The van der Waals surface area contributed by atoms with Gasteiger partial charge in [0.05, 0.1) is 5.70 Å². The van der Waals surface area contributed by atoms with Crippen LogP contribution in [0.1, 0.15) is 20.8 Å². The molecule has 1 aliphatic heterocycles. The van der Waals surface area contributed by atoms with E-state index in [-0.39, 0.29) is 16.8 Å². The highest BCUT2D eigenvalue weighted by Gasteiger charge is 2.09. The van der Waals surface area contributed by atoms with E-state index < -0.39 is 0 Å². The number of nitrogens with zero attached hydrogens (tertiary/aromatic N) is 1. The van der Waals surface area contributed by atoms with E-state index in [1.165, 1.54) is 6.08 Å². The van der Waals surface area contributed by atoms with Crippen molar-refractivity contribution < 1.29 is 4.79 Å². The number of carbonyl (C=O) groups excluding carboxylic acids is 1. The molecule has 1 N–H and O–H groups in total. The highest BCUT2D eigenvalue weighted by atomic mass is 32.2. The fourth-order valence-electron chi connectivity index (χ4n) is 0.953. The lowest BCUT2D eigenvalue weighted by Gasteiger charge is -2.14. The second-order valence-corrected chi connectivity index (χ2v) is 4.72. The molecule has 3 nitrogen and oxygen atoms in total. The Balaban J connectivity index is 2.67. The van der Waals surface area contributed by atoms with Crippen LogP contribution in [-0.2, 0) is 15.7 Å². The molecule has 1 rings (SSSR count). The summed E-state index contributed by atoms with van der Waals surface area (Å²) in [5, 5.41) is 0. The Labute approximate surface area is 75.5 Å². The van der Waals surface area contributed by atoms with Crippen LogP contribution in [0.3, 0.4) is 0 Å². The summed E-state index contributed by atoms with van der Waals surface area (Å²) in [5.41, 5.74) is 0.836. The van der Waals surface area contributed by atoms with Gasteiger partial charge in [-0.2, -0.15) is 0 Å². The molecule has 0 aliphatic carbocycles. The maximum atomic E-state index is 11.0. The first-order valence-corrected chi connectivity index (χ1v) is 5.34. The monoisotopic (exact) mass is 186 g/mol. The Hall–Kier alpha value is -0.640. The van der Waals surface area contributed by atoms with Crippen molar-refractivity contribution in [2.24, 2.45) is 10.3 Å². The van der Waals surface area contributed by atoms with E-state index in [9.17, 15) is 4.79 Å². The number of nitrogens with one attached hydrogen (secondary N) is 1.